The summed E-state index contributed by atoms with van der Waals surface area (Å²) >= 11 is 0. The number of benzene rings is 2. The predicted molar refractivity (Wildman–Crippen MR) is 95.9 cm³/mol. The number of ether oxygens (including phenoxy) is 1. The maximum atomic E-state index is 12.5. The summed E-state index contributed by atoms with van der Waals surface area (Å²) in [5, 5.41) is 13.6. The number of nitro benzene ring substituents is 1. The Labute approximate surface area is 158 Å². The van der Waals surface area contributed by atoms with Crippen LogP contribution >= 0.6 is 0 Å². The van der Waals surface area contributed by atoms with E-state index in [1.54, 1.807) is 19.1 Å². The molecule has 0 aliphatic heterocycles. The molecule has 0 radical (unpaired) electrons. The van der Waals surface area contributed by atoms with Crippen LogP contribution in [-0.2, 0) is 11.3 Å². The van der Waals surface area contributed by atoms with Gasteiger partial charge in [-0.1, -0.05) is 24.3 Å². The first-order chi connectivity index (χ1) is 13.0. The van der Waals surface area contributed by atoms with Crippen LogP contribution in [0.1, 0.15) is 11.1 Å². The second kappa shape index (κ2) is 8.70. The molecule has 0 aliphatic carbocycles. The first-order valence-corrected chi connectivity index (χ1v) is 8.12. The summed E-state index contributed by atoms with van der Waals surface area (Å²) in [7, 11) is 1.54. The molecule has 0 atom stereocenters. The Morgan fingerprint density at radius 1 is 1.25 bits per heavy atom. The Hall–Kier alpha value is -3.14. The second-order valence-corrected chi connectivity index (χ2v) is 6.15. The van der Waals surface area contributed by atoms with Crippen molar-refractivity contribution in [2.45, 2.75) is 19.8 Å². The molecule has 2 aromatic rings. The van der Waals surface area contributed by atoms with Gasteiger partial charge in [-0.2, -0.15) is 0 Å². The van der Waals surface area contributed by atoms with E-state index in [-0.39, 0.29) is 35.8 Å². The van der Waals surface area contributed by atoms with E-state index in [1.807, 2.05) is 0 Å². The Balaban J connectivity index is 2.04. The summed E-state index contributed by atoms with van der Waals surface area (Å²) in [6, 6.07) is 10.0. The highest BCUT2D eigenvalue weighted by Gasteiger charge is 2.32. The fourth-order valence-corrected chi connectivity index (χ4v) is 2.54. The molecule has 10 heteroatoms. The molecular formula is C18H18F3N3O4. The van der Waals surface area contributed by atoms with E-state index in [9.17, 15) is 28.1 Å². The molecular weight excluding hydrogens is 379 g/mol. The zero-order chi connectivity index (χ0) is 20.9. The van der Waals surface area contributed by atoms with Gasteiger partial charge in [0, 0.05) is 18.2 Å². The van der Waals surface area contributed by atoms with Crippen LogP contribution in [-0.4, -0.2) is 35.7 Å². The molecule has 1 amide bonds. The van der Waals surface area contributed by atoms with Gasteiger partial charge in [0.2, 0.25) is 5.91 Å². The number of rotatable bonds is 7. The van der Waals surface area contributed by atoms with Gasteiger partial charge in [0.1, 0.15) is 11.4 Å². The topological polar surface area (TPSA) is 84.7 Å². The van der Waals surface area contributed by atoms with E-state index in [0.717, 1.165) is 0 Å². The van der Waals surface area contributed by atoms with Gasteiger partial charge in [-0.25, -0.2) is 0 Å². The number of anilines is 1. The fraction of sp³-hybridized carbons (Fsp3) is 0.278. The van der Waals surface area contributed by atoms with Crippen LogP contribution in [0.15, 0.2) is 42.5 Å². The zero-order valence-electron chi connectivity index (χ0n) is 15.1. The van der Waals surface area contributed by atoms with Crippen LogP contribution < -0.4 is 10.1 Å². The van der Waals surface area contributed by atoms with Gasteiger partial charge >= 0.3 is 6.36 Å². The Morgan fingerprint density at radius 2 is 1.93 bits per heavy atom. The lowest BCUT2D eigenvalue weighted by atomic mass is 10.2. The van der Waals surface area contributed by atoms with Crippen LogP contribution in [0.2, 0.25) is 0 Å². The third-order valence-electron chi connectivity index (χ3n) is 3.68. The smallest absolute Gasteiger partial charge is 0.405 e. The van der Waals surface area contributed by atoms with Crippen molar-refractivity contribution in [3.8, 4) is 5.75 Å². The van der Waals surface area contributed by atoms with Crippen molar-refractivity contribution >= 4 is 17.3 Å². The number of nitrogens with zero attached hydrogens (tertiary/aromatic N) is 2. The van der Waals surface area contributed by atoms with Crippen LogP contribution in [0, 0.1) is 17.0 Å². The molecule has 0 aromatic heterocycles. The molecule has 150 valence electrons. The summed E-state index contributed by atoms with van der Waals surface area (Å²) in [5.74, 6) is -0.889. The van der Waals surface area contributed by atoms with E-state index in [2.05, 4.69) is 10.1 Å². The lowest BCUT2D eigenvalue weighted by Gasteiger charge is -2.19. The molecule has 2 rings (SSSR count). The molecule has 1 N–H and O–H groups in total. The monoisotopic (exact) mass is 397 g/mol. The molecule has 0 aliphatic rings. The number of carbonyl (C=O) groups is 1. The largest absolute Gasteiger partial charge is 0.573 e. The van der Waals surface area contributed by atoms with Crippen molar-refractivity contribution in [1.29, 1.82) is 0 Å². The average Bonchev–Trinajstić information content (AvgIpc) is 2.56. The summed E-state index contributed by atoms with van der Waals surface area (Å²) in [4.78, 5) is 24.2. The Morgan fingerprint density at radius 3 is 2.57 bits per heavy atom. The minimum atomic E-state index is -4.82. The minimum absolute atomic E-state index is 0.00959. The number of nitrogens with one attached hydrogen (secondary N) is 1. The maximum Gasteiger partial charge on any atom is 0.573 e. The lowest BCUT2D eigenvalue weighted by Crippen LogP contribution is -2.30. The SMILES string of the molecule is Cc1ccc(NC(=O)CN(C)Cc2ccccc2OC(F)(F)F)c([N+](=O)[O-])c1. The Bertz CT molecular complexity index is 871. The van der Waals surface area contributed by atoms with Crippen LogP contribution in [0.4, 0.5) is 24.5 Å². The molecule has 0 saturated carbocycles. The van der Waals surface area contributed by atoms with Crippen molar-refractivity contribution in [2.24, 2.45) is 0 Å². The molecule has 2 aromatic carbocycles. The number of likely N-dealkylation sites (N-methyl/N-ethyl adjacent to an activating group) is 1. The van der Waals surface area contributed by atoms with E-state index < -0.39 is 17.2 Å². The third kappa shape index (κ3) is 6.23. The van der Waals surface area contributed by atoms with Crippen molar-refractivity contribution in [3.63, 3.8) is 0 Å². The summed E-state index contributed by atoms with van der Waals surface area (Å²) in [6.45, 7) is 1.51. The maximum absolute atomic E-state index is 12.5. The van der Waals surface area contributed by atoms with Gasteiger partial charge in [0.05, 0.1) is 11.5 Å². The molecule has 0 unspecified atom stereocenters. The first-order valence-electron chi connectivity index (χ1n) is 8.12. The quantitative estimate of drug-likeness (QED) is 0.566. The molecule has 0 heterocycles. The normalized spacial score (nSPS) is 11.4. The number of para-hydroxylation sites is 1. The summed E-state index contributed by atoms with van der Waals surface area (Å²) in [6.07, 6.45) is -4.82. The number of hydrogen-bond donors (Lipinski definition) is 1. The number of amides is 1. The van der Waals surface area contributed by atoms with E-state index in [4.69, 9.17) is 0 Å². The van der Waals surface area contributed by atoms with E-state index in [1.165, 1.54) is 42.3 Å². The highest BCUT2D eigenvalue weighted by atomic mass is 19.4. The molecule has 0 saturated heterocycles. The minimum Gasteiger partial charge on any atom is -0.405 e. The number of alkyl halides is 3. The predicted octanol–water partition coefficient (Wildman–Crippen LogP) is 3.87. The Kier molecular flexibility index (Phi) is 6.57. The number of hydrogen-bond acceptors (Lipinski definition) is 5. The van der Waals surface area contributed by atoms with E-state index in [0.29, 0.717) is 5.56 Å². The molecule has 7 nitrogen and oxygen atoms in total. The molecule has 0 spiro atoms. The third-order valence-corrected chi connectivity index (χ3v) is 3.68. The van der Waals surface area contributed by atoms with Crippen LogP contribution in [0.3, 0.4) is 0 Å². The standard InChI is InChI=1S/C18H18F3N3O4/c1-12-7-8-14(15(9-12)24(26)27)22-17(25)11-23(2)10-13-5-3-4-6-16(13)28-18(19,20)21/h3-9H,10-11H2,1-2H3,(H,22,25). The van der Waals surface area contributed by atoms with Crippen molar-refractivity contribution in [1.82, 2.24) is 4.90 Å². The fourth-order valence-electron chi connectivity index (χ4n) is 2.54. The van der Waals surface area contributed by atoms with Gasteiger partial charge in [0.25, 0.3) is 5.69 Å². The van der Waals surface area contributed by atoms with Crippen molar-refractivity contribution in [3.05, 3.63) is 63.7 Å². The second-order valence-electron chi connectivity index (χ2n) is 6.15. The number of halogens is 3. The average molecular weight is 397 g/mol. The van der Waals surface area contributed by atoms with Crippen LogP contribution in [0.5, 0.6) is 5.75 Å². The number of carbonyl (C=O) groups excluding carboxylic acids is 1. The lowest BCUT2D eigenvalue weighted by molar-refractivity contribution is -0.384. The van der Waals surface area contributed by atoms with Gasteiger partial charge in [-0.05, 0) is 31.7 Å². The highest BCUT2D eigenvalue weighted by molar-refractivity contribution is 5.94. The summed E-state index contributed by atoms with van der Waals surface area (Å²) < 4.78 is 41.4. The number of nitro groups is 1. The van der Waals surface area contributed by atoms with Gasteiger partial charge in [-0.15, -0.1) is 13.2 Å². The molecule has 0 bridgehead atoms. The molecule has 0 fully saturated rings. The van der Waals surface area contributed by atoms with Crippen molar-refractivity contribution in [2.75, 3.05) is 18.9 Å². The highest BCUT2D eigenvalue weighted by Crippen LogP contribution is 2.27. The molecule has 28 heavy (non-hydrogen) atoms. The summed E-state index contributed by atoms with van der Waals surface area (Å²) in [5.41, 5.74) is 0.731. The van der Waals surface area contributed by atoms with Crippen molar-refractivity contribution < 1.29 is 27.6 Å². The van der Waals surface area contributed by atoms with E-state index >= 15 is 0 Å². The van der Waals surface area contributed by atoms with Gasteiger partial charge in [-0.3, -0.25) is 19.8 Å². The first kappa shape index (κ1) is 21.2. The zero-order valence-corrected chi connectivity index (χ0v) is 15.1. The van der Waals surface area contributed by atoms with Gasteiger partial charge in [0.15, 0.2) is 0 Å². The van der Waals surface area contributed by atoms with Crippen LogP contribution in [0.25, 0.3) is 0 Å². The number of aryl methyl sites for hydroxylation is 1. The van der Waals surface area contributed by atoms with Gasteiger partial charge < -0.3 is 10.1 Å².